The Labute approximate surface area is 70.0 Å². The summed E-state index contributed by atoms with van der Waals surface area (Å²) in [4.78, 5) is 9.81. The number of carbonyl (C=O) groups is 1. The van der Waals surface area contributed by atoms with E-state index in [4.69, 9.17) is 0 Å². The summed E-state index contributed by atoms with van der Waals surface area (Å²) in [5.74, 6) is -0.276. The van der Waals surface area contributed by atoms with Gasteiger partial charge < -0.3 is 4.74 Å². The molecule has 0 N–H and O–H groups in total. The van der Waals surface area contributed by atoms with Gasteiger partial charge in [0.1, 0.15) is 12.4 Å². The first-order valence-corrected chi connectivity index (χ1v) is 3.54. The maximum absolute atomic E-state index is 12.9. The van der Waals surface area contributed by atoms with Crippen molar-refractivity contribution < 1.29 is 13.9 Å². The van der Waals surface area contributed by atoms with Crippen LogP contribution in [0.15, 0.2) is 18.2 Å². The van der Waals surface area contributed by atoms with Crippen molar-refractivity contribution >= 4 is 6.47 Å². The zero-order valence-electron chi connectivity index (χ0n) is 6.71. The predicted molar refractivity (Wildman–Crippen MR) is 42.0 cm³/mol. The highest BCUT2D eigenvalue weighted by Gasteiger charge is 1.98. The molecule has 0 unspecified atom stereocenters. The van der Waals surface area contributed by atoms with Crippen molar-refractivity contribution in [3.05, 3.63) is 35.1 Å². The fourth-order valence-electron chi connectivity index (χ4n) is 0.856. The van der Waals surface area contributed by atoms with Crippen molar-refractivity contribution in [3.63, 3.8) is 0 Å². The normalized spacial score (nSPS) is 9.50. The van der Waals surface area contributed by atoms with Gasteiger partial charge in [-0.25, -0.2) is 4.39 Å². The highest BCUT2D eigenvalue weighted by atomic mass is 19.1. The molecule has 1 aromatic carbocycles. The van der Waals surface area contributed by atoms with Gasteiger partial charge in [-0.2, -0.15) is 0 Å². The lowest BCUT2D eigenvalue weighted by atomic mass is 10.1. The minimum absolute atomic E-state index is 0.126. The molecule has 0 atom stereocenters. The minimum Gasteiger partial charge on any atom is -0.463 e. The fourth-order valence-corrected chi connectivity index (χ4v) is 0.856. The van der Waals surface area contributed by atoms with Crippen LogP contribution in [-0.2, 0) is 16.1 Å². The third kappa shape index (κ3) is 2.05. The monoisotopic (exact) mass is 168 g/mol. The van der Waals surface area contributed by atoms with E-state index in [0.29, 0.717) is 17.6 Å². The Bertz CT molecular complexity index is 284. The van der Waals surface area contributed by atoms with E-state index >= 15 is 0 Å². The molecule has 0 saturated heterocycles. The lowest BCUT2D eigenvalue weighted by Crippen LogP contribution is -1.92. The standard InChI is InChI=1S/C9H9FO2/c1-7-2-3-8(4-9(7)10)5-12-6-11/h2-4,6H,5H2,1H3. The quantitative estimate of drug-likeness (QED) is 0.643. The molecule has 0 aromatic heterocycles. The molecule has 0 aliphatic carbocycles. The molecule has 0 spiro atoms. The molecule has 0 fully saturated rings. The molecule has 64 valence electrons. The van der Waals surface area contributed by atoms with E-state index in [0.717, 1.165) is 0 Å². The Balaban J connectivity index is 2.75. The van der Waals surface area contributed by atoms with Crippen molar-refractivity contribution in [2.75, 3.05) is 0 Å². The summed E-state index contributed by atoms with van der Waals surface area (Å²) < 4.78 is 17.3. The van der Waals surface area contributed by atoms with Gasteiger partial charge in [0.05, 0.1) is 0 Å². The highest BCUT2D eigenvalue weighted by molar-refractivity contribution is 5.37. The number of aryl methyl sites for hydroxylation is 1. The molecule has 1 rings (SSSR count). The number of halogens is 1. The molecule has 0 radical (unpaired) electrons. The number of carbonyl (C=O) groups excluding carboxylic acids is 1. The molecule has 0 aliphatic rings. The summed E-state index contributed by atoms with van der Waals surface area (Å²) in [5, 5.41) is 0. The third-order valence-electron chi connectivity index (χ3n) is 1.55. The van der Waals surface area contributed by atoms with Crippen LogP contribution in [0, 0.1) is 12.7 Å². The number of ether oxygens (including phenoxy) is 1. The molecule has 3 heteroatoms. The summed E-state index contributed by atoms with van der Waals surface area (Å²) in [7, 11) is 0. The van der Waals surface area contributed by atoms with Crippen LogP contribution >= 0.6 is 0 Å². The van der Waals surface area contributed by atoms with Gasteiger partial charge in [-0.1, -0.05) is 12.1 Å². The van der Waals surface area contributed by atoms with Gasteiger partial charge in [-0.3, -0.25) is 4.79 Å². The average Bonchev–Trinajstić information content (AvgIpc) is 2.07. The van der Waals surface area contributed by atoms with Gasteiger partial charge in [0.2, 0.25) is 0 Å². The highest BCUT2D eigenvalue weighted by Crippen LogP contribution is 2.09. The van der Waals surface area contributed by atoms with Crippen molar-refractivity contribution in [2.24, 2.45) is 0 Å². The van der Waals surface area contributed by atoms with Gasteiger partial charge in [0.25, 0.3) is 6.47 Å². The second-order valence-corrected chi connectivity index (χ2v) is 2.49. The van der Waals surface area contributed by atoms with Gasteiger partial charge in [0.15, 0.2) is 0 Å². The molecule has 0 aliphatic heterocycles. The second-order valence-electron chi connectivity index (χ2n) is 2.49. The summed E-state index contributed by atoms with van der Waals surface area (Å²) in [6, 6.07) is 4.74. The van der Waals surface area contributed by atoms with Crippen molar-refractivity contribution in [3.8, 4) is 0 Å². The van der Waals surface area contributed by atoms with Crippen LogP contribution in [0.3, 0.4) is 0 Å². The van der Waals surface area contributed by atoms with Gasteiger partial charge in [-0.05, 0) is 24.1 Å². The second kappa shape index (κ2) is 3.85. The Hall–Kier alpha value is -1.38. The SMILES string of the molecule is Cc1ccc(COC=O)cc1F. The Morgan fingerprint density at radius 3 is 2.92 bits per heavy atom. The Morgan fingerprint density at radius 2 is 2.33 bits per heavy atom. The van der Waals surface area contributed by atoms with Crippen LogP contribution in [0.5, 0.6) is 0 Å². The molecule has 0 heterocycles. The van der Waals surface area contributed by atoms with Crippen molar-refractivity contribution in [1.29, 1.82) is 0 Å². The van der Waals surface area contributed by atoms with E-state index in [1.807, 2.05) is 0 Å². The smallest absolute Gasteiger partial charge is 0.293 e. The third-order valence-corrected chi connectivity index (χ3v) is 1.55. The summed E-state index contributed by atoms with van der Waals surface area (Å²) >= 11 is 0. The lowest BCUT2D eigenvalue weighted by Gasteiger charge is -2.00. The van der Waals surface area contributed by atoms with Gasteiger partial charge in [0, 0.05) is 0 Å². The first-order chi connectivity index (χ1) is 5.74. The molecule has 1 aromatic rings. The van der Waals surface area contributed by atoms with E-state index in [-0.39, 0.29) is 12.4 Å². The Kier molecular flexibility index (Phi) is 2.80. The zero-order chi connectivity index (χ0) is 8.97. The van der Waals surface area contributed by atoms with Crippen LogP contribution in [0.1, 0.15) is 11.1 Å². The predicted octanol–water partition coefficient (Wildman–Crippen LogP) is 1.81. The molecule has 2 nitrogen and oxygen atoms in total. The minimum atomic E-state index is -0.276. The largest absolute Gasteiger partial charge is 0.463 e. The van der Waals surface area contributed by atoms with E-state index < -0.39 is 0 Å². The lowest BCUT2D eigenvalue weighted by molar-refractivity contribution is -0.129. The van der Waals surface area contributed by atoms with E-state index in [1.165, 1.54) is 6.07 Å². The van der Waals surface area contributed by atoms with Crippen LogP contribution in [-0.4, -0.2) is 6.47 Å². The van der Waals surface area contributed by atoms with Crippen LogP contribution in [0.25, 0.3) is 0 Å². The number of hydrogen-bond donors (Lipinski definition) is 0. The first-order valence-electron chi connectivity index (χ1n) is 3.54. The summed E-state index contributed by atoms with van der Waals surface area (Å²) in [6.07, 6.45) is 0. The fraction of sp³-hybridized carbons (Fsp3) is 0.222. The average molecular weight is 168 g/mol. The molecule has 12 heavy (non-hydrogen) atoms. The first kappa shape index (κ1) is 8.71. The van der Waals surface area contributed by atoms with E-state index in [1.54, 1.807) is 19.1 Å². The maximum Gasteiger partial charge on any atom is 0.293 e. The van der Waals surface area contributed by atoms with Crippen LogP contribution in [0.4, 0.5) is 4.39 Å². The molecule has 0 amide bonds. The topological polar surface area (TPSA) is 26.3 Å². The summed E-state index contributed by atoms with van der Waals surface area (Å²) in [6.45, 7) is 2.15. The summed E-state index contributed by atoms with van der Waals surface area (Å²) in [5.41, 5.74) is 1.25. The number of hydrogen-bond acceptors (Lipinski definition) is 2. The van der Waals surface area contributed by atoms with Crippen LogP contribution < -0.4 is 0 Å². The van der Waals surface area contributed by atoms with Crippen LogP contribution in [0.2, 0.25) is 0 Å². The van der Waals surface area contributed by atoms with E-state index in [9.17, 15) is 9.18 Å². The zero-order valence-corrected chi connectivity index (χ0v) is 6.71. The molecular weight excluding hydrogens is 159 g/mol. The molecule has 0 bridgehead atoms. The number of rotatable bonds is 3. The van der Waals surface area contributed by atoms with Gasteiger partial charge in [-0.15, -0.1) is 0 Å². The van der Waals surface area contributed by atoms with E-state index in [2.05, 4.69) is 4.74 Å². The van der Waals surface area contributed by atoms with Crippen molar-refractivity contribution in [1.82, 2.24) is 0 Å². The maximum atomic E-state index is 12.9. The molecular formula is C9H9FO2. The Morgan fingerprint density at radius 1 is 1.58 bits per heavy atom. The van der Waals surface area contributed by atoms with Gasteiger partial charge >= 0.3 is 0 Å². The van der Waals surface area contributed by atoms with Crippen molar-refractivity contribution in [2.45, 2.75) is 13.5 Å². The number of benzene rings is 1. The molecule has 0 saturated carbocycles.